The third-order valence-electron chi connectivity index (χ3n) is 6.96. The highest BCUT2D eigenvalue weighted by Crippen LogP contribution is 2.29. The summed E-state index contributed by atoms with van der Waals surface area (Å²) in [5.74, 6) is -0.564. The number of piperazine rings is 1. The van der Waals surface area contributed by atoms with Crippen LogP contribution < -0.4 is 15.1 Å². The minimum Gasteiger partial charge on any atom is -0.456 e. The Morgan fingerprint density at radius 2 is 1.92 bits per heavy atom. The summed E-state index contributed by atoms with van der Waals surface area (Å²) in [6.07, 6.45) is 4.99. The van der Waals surface area contributed by atoms with E-state index >= 15 is 4.39 Å². The minimum atomic E-state index is -0.504. The van der Waals surface area contributed by atoms with E-state index in [4.69, 9.17) is 21.7 Å². The zero-order valence-electron chi connectivity index (χ0n) is 20.5. The largest absolute Gasteiger partial charge is 0.456 e. The number of halogens is 1. The van der Waals surface area contributed by atoms with Crippen LogP contribution >= 0.6 is 12.2 Å². The Balaban J connectivity index is 1.27. The van der Waals surface area contributed by atoms with Crippen LogP contribution in [0.5, 0.6) is 0 Å². The molecule has 1 aromatic carbocycles. The lowest BCUT2D eigenvalue weighted by Crippen LogP contribution is -2.50. The SMILES string of the molecule is CC(=O)OCC(=O)N1CCN(c2ccc(N3CC(CNC(=S)CC4CCCC4)OC3=O)cc2F)CC1. The molecule has 2 heterocycles. The van der Waals surface area contributed by atoms with Gasteiger partial charge in [-0.15, -0.1) is 0 Å². The van der Waals surface area contributed by atoms with Gasteiger partial charge in [-0.25, -0.2) is 9.18 Å². The molecule has 1 unspecified atom stereocenters. The molecular formula is C25H33FN4O5S. The van der Waals surface area contributed by atoms with Gasteiger partial charge in [-0.3, -0.25) is 14.5 Å². The van der Waals surface area contributed by atoms with Crippen molar-refractivity contribution in [3.8, 4) is 0 Å². The molecule has 4 rings (SSSR count). The van der Waals surface area contributed by atoms with E-state index in [-0.39, 0.29) is 18.6 Å². The van der Waals surface area contributed by atoms with Gasteiger partial charge in [0.1, 0.15) is 11.9 Å². The standard InChI is InChI=1S/C25H33FN4O5S/c1-17(31)34-16-24(32)29-10-8-28(9-11-29)22-7-6-19(13-21(22)26)30-15-20(35-25(30)33)14-27-23(36)12-18-4-2-3-5-18/h6-7,13,18,20H,2-5,8-12,14-16H2,1H3,(H,27,36). The molecule has 11 heteroatoms. The van der Waals surface area contributed by atoms with Crippen LogP contribution in [0, 0.1) is 11.7 Å². The van der Waals surface area contributed by atoms with Crippen molar-refractivity contribution in [2.24, 2.45) is 5.92 Å². The van der Waals surface area contributed by atoms with Gasteiger partial charge >= 0.3 is 12.1 Å². The molecule has 0 spiro atoms. The number of esters is 1. The number of carbonyl (C=O) groups excluding carboxylic acids is 3. The normalized spacial score (nSPS) is 20.4. The molecule has 1 N–H and O–H groups in total. The zero-order chi connectivity index (χ0) is 25.7. The number of benzene rings is 1. The van der Waals surface area contributed by atoms with Crippen molar-refractivity contribution in [2.75, 3.05) is 55.7 Å². The molecule has 0 aromatic heterocycles. The molecule has 36 heavy (non-hydrogen) atoms. The number of hydrogen-bond acceptors (Lipinski definition) is 7. The Morgan fingerprint density at radius 1 is 1.19 bits per heavy atom. The van der Waals surface area contributed by atoms with Gasteiger partial charge in [-0.2, -0.15) is 0 Å². The molecule has 0 radical (unpaired) electrons. The van der Waals surface area contributed by atoms with Gasteiger partial charge in [-0.05, 0) is 24.1 Å². The van der Waals surface area contributed by atoms with Crippen LogP contribution in [0.1, 0.15) is 39.0 Å². The van der Waals surface area contributed by atoms with Gasteiger partial charge in [0, 0.05) is 39.5 Å². The fourth-order valence-corrected chi connectivity index (χ4v) is 5.31. The second kappa shape index (κ2) is 11.9. The van der Waals surface area contributed by atoms with E-state index in [1.807, 2.05) is 4.90 Å². The molecule has 3 fully saturated rings. The maximum Gasteiger partial charge on any atom is 0.414 e. The Kier molecular flexibility index (Phi) is 8.60. The molecule has 2 saturated heterocycles. The maximum absolute atomic E-state index is 15.0. The number of rotatable bonds is 8. The molecule has 196 valence electrons. The average molecular weight is 521 g/mol. The van der Waals surface area contributed by atoms with E-state index < -0.39 is 17.9 Å². The summed E-state index contributed by atoms with van der Waals surface area (Å²) in [5.41, 5.74) is 0.848. The van der Waals surface area contributed by atoms with E-state index in [0.717, 1.165) is 11.4 Å². The van der Waals surface area contributed by atoms with Crippen molar-refractivity contribution in [3.63, 3.8) is 0 Å². The molecule has 1 saturated carbocycles. The Morgan fingerprint density at radius 3 is 2.58 bits per heavy atom. The quantitative estimate of drug-likeness (QED) is 0.413. The summed E-state index contributed by atoms with van der Waals surface area (Å²) in [7, 11) is 0. The summed E-state index contributed by atoms with van der Waals surface area (Å²) in [5, 5.41) is 3.23. The van der Waals surface area contributed by atoms with Crippen LogP contribution in [0.3, 0.4) is 0 Å². The number of cyclic esters (lactones) is 1. The first kappa shape index (κ1) is 26.1. The van der Waals surface area contributed by atoms with Crippen molar-refractivity contribution in [3.05, 3.63) is 24.0 Å². The van der Waals surface area contributed by atoms with Gasteiger partial charge in [0.25, 0.3) is 5.91 Å². The number of amides is 2. The maximum atomic E-state index is 15.0. The molecule has 0 bridgehead atoms. The average Bonchev–Trinajstić information content (AvgIpc) is 3.50. The van der Waals surface area contributed by atoms with Gasteiger partial charge in [0.2, 0.25) is 0 Å². The van der Waals surface area contributed by atoms with Gasteiger partial charge in [0.15, 0.2) is 6.61 Å². The summed E-state index contributed by atoms with van der Waals surface area (Å²) in [6.45, 7) is 3.42. The summed E-state index contributed by atoms with van der Waals surface area (Å²) < 4.78 is 25.3. The lowest BCUT2D eigenvalue weighted by molar-refractivity contribution is -0.150. The molecule has 1 aromatic rings. The highest BCUT2D eigenvalue weighted by atomic mass is 32.1. The molecular weight excluding hydrogens is 487 g/mol. The smallest absolute Gasteiger partial charge is 0.414 e. The summed E-state index contributed by atoms with van der Waals surface area (Å²) in [6, 6.07) is 4.70. The highest BCUT2D eigenvalue weighted by Gasteiger charge is 2.33. The van der Waals surface area contributed by atoms with Gasteiger partial charge in [-0.1, -0.05) is 37.9 Å². The first-order valence-corrected chi connectivity index (χ1v) is 12.9. The summed E-state index contributed by atoms with van der Waals surface area (Å²) >= 11 is 5.46. The Labute approximate surface area is 215 Å². The first-order chi connectivity index (χ1) is 17.3. The van der Waals surface area contributed by atoms with Crippen LogP contribution in [-0.2, 0) is 19.1 Å². The first-order valence-electron chi connectivity index (χ1n) is 12.5. The number of ether oxygens (including phenoxy) is 2. The second-order valence-electron chi connectivity index (χ2n) is 9.56. The van der Waals surface area contributed by atoms with E-state index in [1.54, 1.807) is 17.0 Å². The van der Waals surface area contributed by atoms with Crippen LogP contribution in [0.4, 0.5) is 20.6 Å². The Bertz CT molecular complexity index is 995. The monoisotopic (exact) mass is 520 g/mol. The number of anilines is 2. The van der Waals surface area contributed by atoms with E-state index in [2.05, 4.69) is 5.32 Å². The van der Waals surface area contributed by atoms with Crippen molar-refractivity contribution < 1.29 is 28.2 Å². The van der Waals surface area contributed by atoms with E-state index in [9.17, 15) is 14.4 Å². The lowest BCUT2D eigenvalue weighted by Gasteiger charge is -2.36. The van der Waals surface area contributed by atoms with E-state index in [1.165, 1.54) is 43.6 Å². The molecule has 1 aliphatic carbocycles. The molecule has 3 aliphatic rings. The topological polar surface area (TPSA) is 91.4 Å². The van der Waals surface area contributed by atoms with E-state index in [0.29, 0.717) is 56.6 Å². The van der Waals surface area contributed by atoms with Crippen molar-refractivity contribution >= 4 is 46.6 Å². The lowest BCUT2D eigenvalue weighted by atomic mass is 10.0. The zero-order valence-corrected chi connectivity index (χ0v) is 21.4. The second-order valence-corrected chi connectivity index (χ2v) is 10.1. The molecule has 2 aliphatic heterocycles. The number of carbonyl (C=O) groups is 3. The molecule has 2 amide bonds. The Hall–Kier alpha value is -2.95. The number of thiocarbonyl (C=S) groups is 1. The fraction of sp³-hybridized carbons (Fsp3) is 0.600. The van der Waals surface area contributed by atoms with Crippen molar-refractivity contribution in [2.45, 2.75) is 45.1 Å². The number of nitrogens with one attached hydrogen (secondary N) is 1. The van der Waals surface area contributed by atoms with Crippen molar-refractivity contribution in [1.82, 2.24) is 10.2 Å². The predicted molar refractivity (Wildman–Crippen MR) is 137 cm³/mol. The minimum absolute atomic E-state index is 0.267. The van der Waals surface area contributed by atoms with Crippen molar-refractivity contribution in [1.29, 1.82) is 0 Å². The molecule has 1 atom stereocenters. The fourth-order valence-electron chi connectivity index (χ4n) is 4.99. The highest BCUT2D eigenvalue weighted by molar-refractivity contribution is 7.80. The van der Waals surface area contributed by atoms with Crippen LogP contribution in [0.2, 0.25) is 0 Å². The third-order valence-corrected chi connectivity index (χ3v) is 7.28. The van der Waals surface area contributed by atoms with Crippen LogP contribution in [-0.4, -0.2) is 79.8 Å². The predicted octanol–water partition coefficient (Wildman–Crippen LogP) is 2.86. The third kappa shape index (κ3) is 6.63. The number of nitrogens with zero attached hydrogens (tertiary/aromatic N) is 3. The van der Waals surface area contributed by atoms with Crippen LogP contribution in [0.15, 0.2) is 18.2 Å². The number of hydrogen-bond donors (Lipinski definition) is 1. The summed E-state index contributed by atoms with van der Waals surface area (Å²) in [4.78, 5) is 41.2. The van der Waals surface area contributed by atoms with Gasteiger partial charge < -0.3 is 24.6 Å². The molecule has 9 nitrogen and oxygen atoms in total. The van der Waals surface area contributed by atoms with Crippen LogP contribution in [0.25, 0.3) is 0 Å². The van der Waals surface area contributed by atoms with Gasteiger partial charge in [0.05, 0.1) is 29.5 Å².